The van der Waals surface area contributed by atoms with Crippen molar-refractivity contribution < 1.29 is 19.2 Å². The first-order valence-electron chi connectivity index (χ1n) is 14.8. The van der Waals surface area contributed by atoms with Crippen molar-refractivity contribution in [2.75, 3.05) is 11.9 Å². The van der Waals surface area contributed by atoms with Crippen LogP contribution in [-0.2, 0) is 16.6 Å². The average molecular weight is 579 g/mol. The fraction of sp³-hybridized carbons (Fsp3) is 0.387. The van der Waals surface area contributed by atoms with Gasteiger partial charge in [-0.1, -0.05) is 0 Å². The van der Waals surface area contributed by atoms with Gasteiger partial charge in [-0.2, -0.15) is 10.2 Å². The van der Waals surface area contributed by atoms with Crippen LogP contribution in [0.15, 0.2) is 42.7 Å². The van der Waals surface area contributed by atoms with Crippen molar-refractivity contribution in [3.8, 4) is 11.3 Å². The van der Waals surface area contributed by atoms with Crippen LogP contribution in [-0.4, -0.2) is 65.7 Å². The third-order valence-corrected chi connectivity index (χ3v) is 9.20. The molecule has 3 fully saturated rings. The molecule has 2 aliphatic heterocycles. The van der Waals surface area contributed by atoms with E-state index < -0.39 is 29.7 Å². The molecule has 4 aliphatic rings. The highest BCUT2D eigenvalue weighted by Crippen LogP contribution is 2.45. The lowest BCUT2D eigenvalue weighted by atomic mass is 9.80. The topological polar surface area (TPSA) is 144 Å². The van der Waals surface area contributed by atoms with Crippen molar-refractivity contribution >= 4 is 40.3 Å². The summed E-state index contributed by atoms with van der Waals surface area (Å²) in [6.45, 7) is 0.733. The van der Waals surface area contributed by atoms with Crippen LogP contribution in [0.3, 0.4) is 0 Å². The number of benzene rings is 1. The maximum Gasteiger partial charge on any atom is 0.262 e. The summed E-state index contributed by atoms with van der Waals surface area (Å²) in [4.78, 5) is 55.8. The summed E-state index contributed by atoms with van der Waals surface area (Å²) in [5, 5.41) is 16.0. The quantitative estimate of drug-likeness (QED) is 0.318. The number of carbonyl (C=O) groups excluding carboxylic acids is 4. The molecule has 8 rings (SSSR count). The van der Waals surface area contributed by atoms with Gasteiger partial charge in [0, 0.05) is 48.8 Å². The molecule has 12 heteroatoms. The van der Waals surface area contributed by atoms with Crippen LogP contribution in [0.2, 0.25) is 0 Å². The largest absolute Gasteiger partial charge is 0.385 e. The Kier molecular flexibility index (Phi) is 5.75. The number of nitrogens with zero attached hydrogens (tertiary/aromatic N) is 6. The van der Waals surface area contributed by atoms with Crippen LogP contribution in [0.25, 0.3) is 22.3 Å². The van der Waals surface area contributed by atoms with E-state index in [9.17, 15) is 19.2 Å². The van der Waals surface area contributed by atoms with E-state index in [1.54, 1.807) is 22.9 Å². The number of rotatable bonds is 7. The van der Waals surface area contributed by atoms with Crippen molar-refractivity contribution in [1.82, 2.24) is 34.8 Å². The first-order chi connectivity index (χ1) is 20.8. The Labute approximate surface area is 246 Å². The van der Waals surface area contributed by atoms with Crippen LogP contribution in [0.5, 0.6) is 0 Å². The van der Waals surface area contributed by atoms with Crippen molar-refractivity contribution in [3.63, 3.8) is 0 Å². The molecule has 0 radical (unpaired) electrons. The number of aryl methyl sites for hydroxylation is 1. The Bertz CT molecular complexity index is 1850. The lowest BCUT2D eigenvalue weighted by molar-refractivity contribution is -0.136. The van der Waals surface area contributed by atoms with Gasteiger partial charge >= 0.3 is 0 Å². The van der Waals surface area contributed by atoms with E-state index in [-0.39, 0.29) is 24.0 Å². The first-order valence-corrected chi connectivity index (χ1v) is 14.8. The molecule has 1 aromatic carbocycles. The van der Waals surface area contributed by atoms with E-state index in [2.05, 4.69) is 38.7 Å². The molecule has 12 nitrogen and oxygen atoms in total. The minimum absolute atomic E-state index is 0.0959. The second-order valence-corrected chi connectivity index (χ2v) is 12.1. The van der Waals surface area contributed by atoms with E-state index in [4.69, 9.17) is 10.1 Å². The van der Waals surface area contributed by atoms with Crippen molar-refractivity contribution in [3.05, 3.63) is 59.5 Å². The fourth-order valence-electron chi connectivity index (χ4n) is 6.55. The van der Waals surface area contributed by atoms with Gasteiger partial charge in [0.15, 0.2) is 5.65 Å². The summed E-state index contributed by atoms with van der Waals surface area (Å²) >= 11 is 0. The summed E-state index contributed by atoms with van der Waals surface area (Å²) in [5.41, 5.74) is 5.35. The van der Waals surface area contributed by atoms with Crippen LogP contribution in [0, 0.1) is 5.92 Å². The second kappa shape index (κ2) is 9.58. The van der Waals surface area contributed by atoms with Gasteiger partial charge in [-0.25, -0.2) is 4.98 Å². The zero-order valence-electron chi connectivity index (χ0n) is 23.6. The molecule has 43 heavy (non-hydrogen) atoms. The summed E-state index contributed by atoms with van der Waals surface area (Å²) in [6, 6.07) is 8.59. The highest BCUT2D eigenvalue weighted by Gasteiger charge is 2.44. The number of amides is 4. The fourth-order valence-corrected chi connectivity index (χ4v) is 6.55. The lowest BCUT2D eigenvalue weighted by Gasteiger charge is -2.35. The van der Waals surface area contributed by atoms with Crippen LogP contribution >= 0.6 is 0 Å². The molecule has 2 N–H and O–H groups in total. The second-order valence-electron chi connectivity index (χ2n) is 12.1. The van der Waals surface area contributed by atoms with Gasteiger partial charge in [0.1, 0.15) is 6.04 Å². The van der Waals surface area contributed by atoms with E-state index in [0.29, 0.717) is 17.9 Å². The molecule has 5 heterocycles. The molecule has 1 unspecified atom stereocenters. The maximum absolute atomic E-state index is 13.1. The van der Waals surface area contributed by atoms with Gasteiger partial charge in [-0.05, 0) is 68.4 Å². The highest BCUT2D eigenvalue weighted by atomic mass is 16.2. The molecule has 4 amide bonds. The van der Waals surface area contributed by atoms with Crippen molar-refractivity contribution in [2.24, 2.45) is 13.0 Å². The Morgan fingerprint density at radius 3 is 2.58 bits per heavy atom. The van der Waals surface area contributed by atoms with Gasteiger partial charge in [0.05, 0.1) is 34.8 Å². The SMILES string of the molecule is Cn1ncc2ccc(-c3cn([C@H]4C[C@H](CNc5ccc6c(c5)C(=O)N(C5CCC(=O)NC5=O)C6=O)C4)nc3C3CC3)nc21. The smallest absolute Gasteiger partial charge is 0.262 e. The molecule has 1 atom stereocenters. The molecule has 2 aliphatic carbocycles. The first kappa shape index (κ1) is 25.8. The van der Waals surface area contributed by atoms with E-state index in [1.165, 1.54) is 0 Å². The molecule has 4 aromatic rings. The number of hydrogen-bond donors (Lipinski definition) is 2. The minimum Gasteiger partial charge on any atom is -0.385 e. The number of hydrogen-bond acceptors (Lipinski definition) is 8. The summed E-state index contributed by atoms with van der Waals surface area (Å²) in [7, 11) is 1.91. The zero-order valence-corrected chi connectivity index (χ0v) is 23.6. The van der Waals surface area contributed by atoms with Gasteiger partial charge in [0.2, 0.25) is 11.8 Å². The summed E-state index contributed by atoms with van der Waals surface area (Å²) in [6.07, 6.45) is 8.51. The van der Waals surface area contributed by atoms with E-state index >= 15 is 0 Å². The van der Waals surface area contributed by atoms with Gasteiger partial charge in [-0.15, -0.1) is 0 Å². The molecule has 1 saturated heterocycles. The standard InChI is InChI=1S/C31H30N8O4/c1-37-28-18(14-33-37)4-7-24(34-28)23-15-38(36-27(23)17-2-3-17)20-10-16(11-20)13-32-19-5-6-21-22(12-19)31(43)39(30(21)42)25-8-9-26(40)35-29(25)41/h4-7,12,14-17,20,25,32H,2-3,8-11,13H2,1H3,(H,35,40,41)/t16-,20-,25?. The maximum atomic E-state index is 13.1. The van der Waals surface area contributed by atoms with Gasteiger partial charge < -0.3 is 5.32 Å². The number of imide groups is 2. The number of anilines is 1. The predicted octanol–water partition coefficient (Wildman–Crippen LogP) is 3.17. The van der Waals surface area contributed by atoms with Crippen molar-refractivity contribution in [1.29, 1.82) is 0 Å². The Morgan fingerprint density at radius 1 is 0.977 bits per heavy atom. The summed E-state index contributed by atoms with van der Waals surface area (Å²) < 4.78 is 3.92. The highest BCUT2D eigenvalue weighted by molar-refractivity contribution is 6.23. The molecule has 0 bridgehead atoms. The van der Waals surface area contributed by atoms with Crippen LogP contribution in [0.1, 0.15) is 76.9 Å². The third-order valence-electron chi connectivity index (χ3n) is 9.20. The van der Waals surface area contributed by atoms with Crippen LogP contribution < -0.4 is 10.6 Å². The van der Waals surface area contributed by atoms with Crippen LogP contribution in [0.4, 0.5) is 5.69 Å². The monoisotopic (exact) mass is 578 g/mol. The number of aromatic nitrogens is 5. The Balaban J connectivity index is 0.925. The van der Waals surface area contributed by atoms with Crippen molar-refractivity contribution in [2.45, 2.75) is 56.5 Å². The Hall–Kier alpha value is -4.87. The summed E-state index contributed by atoms with van der Waals surface area (Å²) in [5.74, 6) is -1.06. The molecule has 0 spiro atoms. The number of fused-ring (bicyclic) bond motifs is 2. The molecule has 2 saturated carbocycles. The number of piperidine rings is 1. The molecule has 218 valence electrons. The Morgan fingerprint density at radius 2 is 1.79 bits per heavy atom. The minimum atomic E-state index is -0.967. The normalized spacial score (nSPS) is 23.5. The molecular weight excluding hydrogens is 548 g/mol. The molecular formula is C31H30N8O4. The van der Waals surface area contributed by atoms with E-state index in [0.717, 1.165) is 70.8 Å². The molecule has 3 aromatic heterocycles. The third kappa shape index (κ3) is 4.31. The van der Waals surface area contributed by atoms with Gasteiger partial charge in [0.25, 0.3) is 11.8 Å². The number of nitrogens with one attached hydrogen (secondary N) is 2. The van der Waals surface area contributed by atoms with E-state index in [1.807, 2.05) is 13.2 Å². The lowest BCUT2D eigenvalue weighted by Crippen LogP contribution is -2.54. The average Bonchev–Trinajstić information content (AvgIpc) is 3.56. The zero-order chi connectivity index (χ0) is 29.4. The number of pyridine rings is 1. The van der Waals surface area contributed by atoms with Gasteiger partial charge in [-0.3, -0.25) is 38.8 Å². The number of carbonyl (C=O) groups is 4. The predicted molar refractivity (Wildman–Crippen MR) is 155 cm³/mol.